The van der Waals surface area contributed by atoms with Crippen molar-refractivity contribution in [1.29, 1.82) is 0 Å². The van der Waals surface area contributed by atoms with E-state index in [1.165, 1.54) is 53.0 Å². The number of amides is 1. The molecule has 4 aliphatic heterocycles. The molecule has 10 atom stereocenters. The molecule has 1 aromatic rings. The highest BCUT2D eigenvalue weighted by molar-refractivity contribution is 6.23. The summed E-state index contributed by atoms with van der Waals surface area (Å²) in [5.41, 5.74) is -5.95. The zero-order valence-corrected chi connectivity index (χ0v) is 35.7. The molecule has 17 nitrogen and oxygen atoms in total. The number of ketones is 2. The third-order valence-electron chi connectivity index (χ3n) is 12.1. The highest BCUT2D eigenvalue weighted by Gasteiger charge is 2.53. The average Bonchev–Trinajstić information content (AvgIpc) is 3.47. The van der Waals surface area contributed by atoms with Gasteiger partial charge >= 0.3 is 11.8 Å². The molecule has 5 bridgehead atoms. The molecule has 60 heavy (non-hydrogen) atoms. The van der Waals surface area contributed by atoms with Gasteiger partial charge in [-0.1, -0.05) is 57.4 Å². The van der Waals surface area contributed by atoms with E-state index in [4.69, 9.17) is 18.9 Å². The van der Waals surface area contributed by atoms with E-state index in [2.05, 4.69) is 15.3 Å². The van der Waals surface area contributed by atoms with Crippen molar-refractivity contribution in [3.05, 3.63) is 64.0 Å². The number of allylic oxidation sites excluding steroid dienone is 2. The largest absolute Gasteiger partial charge is 0.872 e. The Labute approximate surface area is 349 Å². The van der Waals surface area contributed by atoms with Gasteiger partial charge in [-0.2, -0.15) is 5.10 Å². The van der Waals surface area contributed by atoms with Crippen molar-refractivity contribution in [2.45, 2.75) is 91.3 Å². The number of aliphatic hydroxyl groups excluding tert-OH is 2. The number of ether oxygens (including phenoxy) is 4. The van der Waals surface area contributed by atoms with Crippen molar-refractivity contribution in [3.63, 3.8) is 0 Å². The molecule has 6 rings (SSSR count). The van der Waals surface area contributed by atoms with E-state index in [1.807, 2.05) is 7.05 Å². The number of benzene rings is 1. The van der Waals surface area contributed by atoms with Crippen molar-refractivity contribution in [2.75, 3.05) is 40.3 Å². The molecule has 1 fully saturated rings. The Morgan fingerprint density at radius 3 is 2.23 bits per heavy atom. The number of hydrogen-bond donors (Lipinski definition) is 4. The van der Waals surface area contributed by atoms with Crippen LogP contribution in [0.25, 0.3) is 5.76 Å². The van der Waals surface area contributed by atoms with Crippen molar-refractivity contribution < 1.29 is 63.7 Å². The second-order valence-corrected chi connectivity index (χ2v) is 16.4. The van der Waals surface area contributed by atoms with E-state index < -0.39 is 117 Å². The maximum Gasteiger partial charge on any atom is 0.312 e. The summed E-state index contributed by atoms with van der Waals surface area (Å²) in [4.78, 5) is 57.0. The molecule has 17 heteroatoms. The van der Waals surface area contributed by atoms with Gasteiger partial charge in [0.1, 0.15) is 11.9 Å². The maximum atomic E-state index is 14.7. The van der Waals surface area contributed by atoms with Crippen LogP contribution in [-0.4, -0.2) is 131 Å². The van der Waals surface area contributed by atoms with Gasteiger partial charge in [0.2, 0.25) is 17.4 Å². The Hall–Kier alpha value is -5.07. The summed E-state index contributed by atoms with van der Waals surface area (Å²) in [5, 5.41) is 71.9. The van der Waals surface area contributed by atoms with E-state index in [9.17, 15) is 44.7 Å². The number of carbonyl (C=O) groups excluding carboxylic acids is 4. The lowest BCUT2D eigenvalue weighted by atomic mass is 9.78. The molecule has 0 aromatic heterocycles. The van der Waals surface area contributed by atoms with Crippen LogP contribution in [0.1, 0.15) is 80.3 Å². The predicted molar refractivity (Wildman–Crippen MR) is 214 cm³/mol. The fourth-order valence-corrected chi connectivity index (χ4v) is 8.06. The molecule has 0 spiro atoms. The summed E-state index contributed by atoms with van der Waals surface area (Å²) in [6.07, 6.45) is 3.85. The number of likely N-dealkylation sites (N-methyl/N-ethyl adjacent to an activating group) is 1. The van der Waals surface area contributed by atoms with E-state index >= 15 is 0 Å². The Balaban J connectivity index is 1.69. The van der Waals surface area contributed by atoms with Crippen LogP contribution in [0.2, 0.25) is 0 Å². The van der Waals surface area contributed by atoms with Gasteiger partial charge in [-0.25, -0.2) is 0 Å². The van der Waals surface area contributed by atoms with Crippen LogP contribution in [0.4, 0.5) is 0 Å². The second kappa shape index (κ2) is 17.9. The lowest BCUT2D eigenvalue weighted by molar-refractivity contribution is -0.270. The number of aliphatic hydroxyl groups is 3. The number of Topliss-reactive ketones (excluding diaryl/α,β-unsaturated/α-hetero) is 2. The predicted octanol–water partition coefficient (Wildman–Crippen LogP) is 0.925. The Bertz CT molecular complexity index is 2040. The number of nitrogens with one attached hydrogen (secondary N) is 1. The molecule has 1 aromatic carbocycles. The number of piperazine rings is 1. The van der Waals surface area contributed by atoms with Gasteiger partial charge in [-0.05, 0) is 38.1 Å². The number of hydrogen-bond acceptors (Lipinski definition) is 16. The molecular formula is C43H56N4O13-2. The van der Waals surface area contributed by atoms with Crippen molar-refractivity contribution in [1.82, 2.24) is 15.2 Å². The van der Waals surface area contributed by atoms with Crippen LogP contribution in [0.5, 0.6) is 11.5 Å². The lowest BCUT2D eigenvalue weighted by Crippen LogP contribution is -2.59. The molecule has 1 amide bonds. The minimum absolute atomic E-state index is 0.0399. The third-order valence-corrected chi connectivity index (χ3v) is 12.1. The Kier molecular flexibility index (Phi) is 13.7. The number of nitrogens with zero attached hydrogens (tertiary/aromatic N) is 3. The first-order valence-electron chi connectivity index (χ1n) is 20.0. The minimum atomic E-state index is -3.10. The quantitative estimate of drug-likeness (QED) is 0.244. The van der Waals surface area contributed by atoms with E-state index in [0.29, 0.717) is 26.2 Å². The Morgan fingerprint density at radius 2 is 1.62 bits per heavy atom. The number of carbonyl (C=O) groups is 4. The summed E-state index contributed by atoms with van der Waals surface area (Å²) in [6, 6.07) is 0. The van der Waals surface area contributed by atoms with Crippen LogP contribution in [0.3, 0.4) is 0 Å². The molecule has 0 saturated carbocycles. The van der Waals surface area contributed by atoms with Crippen LogP contribution in [-0.2, 0) is 23.8 Å². The number of hydrazone groups is 1. The topological polar surface area (TPSA) is 243 Å². The van der Waals surface area contributed by atoms with Gasteiger partial charge in [-0.3, -0.25) is 24.2 Å². The van der Waals surface area contributed by atoms with Crippen LogP contribution >= 0.6 is 0 Å². The Morgan fingerprint density at radius 1 is 0.967 bits per heavy atom. The monoisotopic (exact) mass is 836 g/mol. The highest BCUT2D eigenvalue weighted by Crippen LogP contribution is 2.50. The fraction of sp³-hybridized carbons (Fsp3) is 0.558. The number of rotatable bonds is 4. The molecule has 1 aliphatic carbocycles. The van der Waals surface area contributed by atoms with Crippen molar-refractivity contribution in [2.24, 2.45) is 28.8 Å². The smallest absolute Gasteiger partial charge is 0.312 e. The SMILES string of the molecule is CO[C@H]1/C=C/O[C@@]2(C)Oc3c(C)c([O-])c4c(c3C2=O)C([O-])=C(/C=N/N2CCN(C)CC2)C(O)(NC(=O)/C(C)=C\C=C\[C@H](C)[C@H](O)[C@@H](C)[C@@H](O)[C@@H](C)[C@H](OC(C)=O)[C@@H]1C)C4=O. The number of fused-ring (bicyclic) bond motifs is 13. The fourth-order valence-electron chi connectivity index (χ4n) is 8.06. The van der Waals surface area contributed by atoms with Gasteiger partial charge in [0.05, 0.1) is 36.4 Å². The summed E-state index contributed by atoms with van der Waals surface area (Å²) in [5.74, 6) is -11.2. The second-order valence-electron chi connectivity index (χ2n) is 16.4. The molecule has 4 N–H and O–H groups in total. The third kappa shape index (κ3) is 8.59. The normalized spacial score (nSPS) is 35.4. The van der Waals surface area contributed by atoms with Gasteiger partial charge in [-0.15, -0.1) is 0 Å². The van der Waals surface area contributed by atoms with E-state index in [1.54, 1.807) is 38.8 Å². The minimum Gasteiger partial charge on any atom is -0.872 e. The first-order valence-corrected chi connectivity index (χ1v) is 20.0. The van der Waals surface area contributed by atoms with Crippen LogP contribution in [0.15, 0.2) is 46.8 Å². The van der Waals surface area contributed by atoms with Gasteiger partial charge < -0.3 is 54.7 Å². The molecule has 5 aliphatic rings. The molecule has 4 heterocycles. The van der Waals surface area contributed by atoms with Crippen LogP contribution < -0.4 is 20.3 Å². The maximum absolute atomic E-state index is 14.7. The van der Waals surface area contributed by atoms with Crippen molar-refractivity contribution in [3.8, 4) is 11.5 Å². The van der Waals surface area contributed by atoms with Gasteiger partial charge in [0.15, 0.2) is 0 Å². The van der Waals surface area contributed by atoms with E-state index in [-0.39, 0.29) is 16.9 Å². The number of methoxy groups -OCH3 is 1. The van der Waals surface area contributed by atoms with Crippen LogP contribution in [0, 0.1) is 30.6 Å². The zero-order chi connectivity index (χ0) is 44.6. The summed E-state index contributed by atoms with van der Waals surface area (Å²) < 4.78 is 23.3. The van der Waals surface area contributed by atoms with E-state index in [0.717, 1.165) is 12.5 Å². The highest BCUT2D eigenvalue weighted by atomic mass is 16.7. The lowest BCUT2D eigenvalue weighted by Gasteiger charge is -2.40. The molecule has 1 unspecified atom stereocenters. The first kappa shape index (κ1) is 46.0. The summed E-state index contributed by atoms with van der Waals surface area (Å²) in [6.45, 7) is 14.0. The molecule has 1 saturated heterocycles. The number of esters is 1. The standard InChI is InChI=1S/C43H58N4O13/c1-21-12-11-13-22(2)41(55)45-43(56)28(20-44-47-17-15-46(9)16-18-47)36(52)30-31(40(43)54)35(51)26(6)38-32(30)39(53)42(8,60-38)58-19-14-29(57-10)23(3)37(59-27(7)48)25(5)34(50)24(4)33(21)49/h11-14,19-21,23-25,29,33-34,37,49-52,56H,15-18H2,1-10H3,(H,45,55)/p-2/b12-11+,19-14+,22-13-,44-20+/t21-,23+,24+,25+,29-,33-,34+,37+,42-,43?/m0/s1. The molecular weight excluding hydrogens is 780 g/mol. The van der Waals surface area contributed by atoms with Gasteiger partial charge in [0, 0.05) is 87.5 Å². The molecule has 328 valence electrons. The zero-order valence-electron chi connectivity index (χ0n) is 35.7. The molecule has 0 radical (unpaired) electrons. The summed E-state index contributed by atoms with van der Waals surface area (Å²) >= 11 is 0. The average molecular weight is 837 g/mol. The van der Waals surface area contributed by atoms with Crippen molar-refractivity contribution >= 4 is 35.4 Å². The first-order chi connectivity index (χ1) is 28.1. The van der Waals surface area contributed by atoms with Gasteiger partial charge in [0.25, 0.3) is 5.78 Å². The summed E-state index contributed by atoms with van der Waals surface area (Å²) in [7, 11) is 3.32.